The van der Waals surface area contributed by atoms with Crippen molar-refractivity contribution >= 4 is 16.0 Å². The summed E-state index contributed by atoms with van der Waals surface area (Å²) in [6.45, 7) is 4.21. The predicted octanol–water partition coefficient (Wildman–Crippen LogP) is 2.23. The van der Waals surface area contributed by atoms with Gasteiger partial charge in [0.15, 0.2) is 6.23 Å². The number of anilines is 1. The lowest BCUT2D eigenvalue weighted by molar-refractivity contribution is 0.0413. The van der Waals surface area contributed by atoms with Crippen molar-refractivity contribution in [3.05, 3.63) is 23.8 Å². The molecule has 7 heteroatoms. The van der Waals surface area contributed by atoms with Crippen LogP contribution in [0.4, 0.5) is 5.69 Å². The van der Waals surface area contributed by atoms with Crippen LogP contribution in [0, 0.1) is 0 Å². The second-order valence-corrected chi connectivity index (χ2v) is 7.38. The maximum atomic E-state index is 11.3. The Labute approximate surface area is 131 Å². The summed E-state index contributed by atoms with van der Waals surface area (Å²) in [5, 5.41) is 0. The highest BCUT2D eigenvalue weighted by atomic mass is 32.2. The molecule has 2 atom stereocenters. The van der Waals surface area contributed by atoms with E-state index in [4.69, 9.17) is 4.74 Å². The maximum Gasteiger partial charge on any atom is 0.359 e. The van der Waals surface area contributed by atoms with Gasteiger partial charge in [-0.15, -0.1) is 0 Å². The average Bonchev–Trinajstić information content (AvgIpc) is 3.11. The van der Waals surface area contributed by atoms with E-state index < -0.39 is 10.3 Å². The van der Waals surface area contributed by atoms with Crippen LogP contribution in [0.1, 0.15) is 37.7 Å². The molecular formula is C15H22N2O4S. The van der Waals surface area contributed by atoms with Gasteiger partial charge in [0.1, 0.15) is 5.75 Å². The van der Waals surface area contributed by atoms with Crippen LogP contribution < -0.4 is 9.04 Å². The van der Waals surface area contributed by atoms with Crippen molar-refractivity contribution in [3.63, 3.8) is 0 Å². The molecule has 0 bridgehead atoms. The highest BCUT2D eigenvalue weighted by molar-refractivity contribution is 7.87. The summed E-state index contributed by atoms with van der Waals surface area (Å²) in [6, 6.07) is 5.27. The second-order valence-electron chi connectivity index (χ2n) is 5.93. The van der Waals surface area contributed by atoms with Crippen molar-refractivity contribution in [3.8, 4) is 5.75 Å². The third kappa shape index (κ3) is 2.68. The van der Waals surface area contributed by atoms with Crippen LogP contribution in [-0.2, 0) is 10.3 Å². The number of rotatable bonds is 4. The maximum absolute atomic E-state index is 11.3. The number of hydrogen-bond donors (Lipinski definition) is 1. The summed E-state index contributed by atoms with van der Waals surface area (Å²) in [5.41, 5.74) is 1.47. The molecule has 0 saturated carbocycles. The first-order valence-corrected chi connectivity index (χ1v) is 9.07. The fourth-order valence-corrected chi connectivity index (χ4v) is 3.75. The Morgan fingerprint density at radius 1 is 1.36 bits per heavy atom. The first-order valence-electron chi connectivity index (χ1n) is 7.68. The van der Waals surface area contributed by atoms with Gasteiger partial charge in [-0.1, -0.05) is 6.92 Å². The summed E-state index contributed by atoms with van der Waals surface area (Å²) in [6.07, 6.45) is 3.36. The van der Waals surface area contributed by atoms with Crippen LogP contribution in [0.15, 0.2) is 18.2 Å². The van der Waals surface area contributed by atoms with Crippen LogP contribution in [-0.4, -0.2) is 44.2 Å². The van der Waals surface area contributed by atoms with Crippen LogP contribution in [0.5, 0.6) is 5.75 Å². The first-order chi connectivity index (χ1) is 10.4. The third-order valence-corrected chi connectivity index (χ3v) is 5.54. The minimum Gasteiger partial charge on any atom is -0.474 e. The first kappa shape index (κ1) is 15.6. The minimum atomic E-state index is -4.24. The molecule has 1 N–H and O–H groups in total. The SMILES string of the molecule is CCC1c2cc(N(C)S(=O)(=O)O)ccc2OC1N1CCCC1. The Morgan fingerprint density at radius 2 is 2.05 bits per heavy atom. The van der Waals surface area contributed by atoms with Crippen molar-refractivity contribution in [1.29, 1.82) is 0 Å². The van der Waals surface area contributed by atoms with Crippen molar-refractivity contribution < 1.29 is 17.7 Å². The summed E-state index contributed by atoms with van der Waals surface area (Å²) >= 11 is 0. The minimum absolute atomic E-state index is 0.0359. The van der Waals surface area contributed by atoms with Gasteiger partial charge in [0, 0.05) is 31.6 Å². The van der Waals surface area contributed by atoms with Crippen molar-refractivity contribution in [2.75, 3.05) is 24.4 Å². The molecular weight excluding hydrogens is 304 g/mol. The van der Waals surface area contributed by atoms with Gasteiger partial charge < -0.3 is 4.74 Å². The number of benzene rings is 1. The topological polar surface area (TPSA) is 70.1 Å². The summed E-state index contributed by atoms with van der Waals surface area (Å²) in [4.78, 5) is 2.36. The van der Waals surface area contributed by atoms with Crippen molar-refractivity contribution in [2.45, 2.75) is 38.3 Å². The van der Waals surface area contributed by atoms with Gasteiger partial charge in [-0.2, -0.15) is 8.42 Å². The highest BCUT2D eigenvalue weighted by Crippen LogP contribution is 2.43. The average molecular weight is 326 g/mol. The molecule has 6 nitrogen and oxygen atoms in total. The molecule has 0 radical (unpaired) electrons. The zero-order chi connectivity index (χ0) is 15.9. The Balaban J connectivity index is 1.92. The molecule has 0 amide bonds. The van der Waals surface area contributed by atoms with Crippen molar-refractivity contribution in [1.82, 2.24) is 4.90 Å². The fourth-order valence-electron chi connectivity index (χ4n) is 3.37. The lowest BCUT2D eigenvalue weighted by atomic mass is 9.95. The third-order valence-electron chi connectivity index (χ3n) is 4.63. The Bertz CT molecular complexity index is 656. The molecule has 0 spiro atoms. The molecule has 1 aromatic rings. The normalized spacial score (nSPS) is 25.0. The largest absolute Gasteiger partial charge is 0.474 e. The molecule has 1 saturated heterocycles. The zero-order valence-corrected chi connectivity index (χ0v) is 13.7. The predicted molar refractivity (Wildman–Crippen MR) is 84.6 cm³/mol. The van der Waals surface area contributed by atoms with Crippen LogP contribution in [0.25, 0.3) is 0 Å². The van der Waals surface area contributed by atoms with E-state index in [1.54, 1.807) is 12.1 Å². The van der Waals surface area contributed by atoms with E-state index in [-0.39, 0.29) is 12.1 Å². The van der Waals surface area contributed by atoms with Gasteiger partial charge in [0.2, 0.25) is 0 Å². The smallest absolute Gasteiger partial charge is 0.359 e. The molecule has 22 heavy (non-hydrogen) atoms. The quantitative estimate of drug-likeness (QED) is 0.859. The van der Waals surface area contributed by atoms with Gasteiger partial charge in [0.25, 0.3) is 0 Å². The summed E-state index contributed by atoms with van der Waals surface area (Å²) < 4.78 is 38.8. The van der Waals surface area contributed by atoms with E-state index in [2.05, 4.69) is 11.8 Å². The van der Waals surface area contributed by atoms with Gasteiger partial charge in [0.05, 0.1) is 5.69 Å². The van der Waals surface area contributed by atoms with Gasteiger partial charge in [-0.25, -0.2) is 0 Å². The molecule has 2 aliphatic heterocycles. The monoisotopic (exact) mass is 326 g/mol. The number of ether oxygens (including phenoxy) is 1. The van der Waals surface area contributed by atoms with Crippen LogP contribution >= 0.6 is 0 Å². The molecule has 2 unspecified atom stereocenters. The summed E-state index contributed by atoms with van der Waals surface area (Å²) in [7, 11) is -2.91. The molecule has 2 aliphatic rings. The van der Waals surface area contributed by atoms with E-state index in [9.17, 15) is 13.0 Å². The van der Waals surface area contributed by atoms with E-state index in [0.29, 0.717) is 5.69 Å². The Hall–Kier alpha value is -1.31. The molecule has 3 rings (SSSR count). The van der Waals surface area contributed by atoms with Gasteiger partial charge >= 0.3 is 10.3 Å². The van der Waals surface area contributed by atoms with Gasteiger partial charge in [-0.3, -0.25) is 13.8 Å². The molecule has 0 aliphatic carbocycles. The fraction of sp³-hybridized carbons (Fsp3) is 0.600. The van der Waals surface area contributed by atoms with Crippen LogP contribution in [0.3, 0.4) is 0 Å². The Morgan fingerprint density at radius 3 is 2.64 bits per heavy atom. The lowest BCUT2D eigenvalue weighted by Crippen LogP contribution is -2.38. The van der Waals surface area contributed by atoms with E-state index >= 15 is 0 Å². The second kappa shape index (κ2) is 5.72. The number of fused-ring (bicyclic) bond motifs is 1. The van der Waals surface area contributed by atoms with E-state index in [0.717, 1.165) is 35.1 Å². The van der Waals surface area contributed by atoms with E-state index in [1.165, 1.54) is 19.9 Å². The number of nitrogens with zero attached hydrogens (tertiary/aromatic N) is 2. The zero-order valence-electron chi connectivity index (χ0n) is 12.9. The molecule has 0 aromatic heterocycles. The lowest BCUT2D eigenvalue weighted by Gasteiger charge is -2.27. The number of hydrogen-bond acceptors (Lipinski definition) is 4. The number of likely N-dealkylation sites (tertiary alicyclic amines) is 1. The molecule has 1 fully saturated rings. The molecule has 2 heterocycles. The van der Waals surface area contributed by atoms with Gasteiger partial charge in [-0.05, 0) is 37.5 Å². The van der Waals surface area contributed by atoms with Crippen LogP contribution in [0.2, 0.25) is 0 Å². The molecule has 1 aromatic carbocycles. The standard InChI is InChI=1S/C15H22N2O4S/c1-3-12-13-10-11(16(2)22(18,19)20)6-7-14(13)21-15(12)17-8-4-5-9-17/h6-7,10,12,15H,3-5,8-9H2,1-2H3,(H,18,19,20). The highest BCUT2D eigenvalue weighted by Gasteiger charge is 2.38. The molecule has 122 valence electrons. The summed E-state index contributed by atoms with van der Waals surface area (Å²) in [5.74, 6) is 1.04. The van der Waals surface area contributed by atoms with E-state index in [1.807, 2.05) is 6.07 Å². The Kier molecular flexibility index (Phi) is 4.05. The van der Waals surface area contributed by atoms with Crippen molar-refractivity contribution in [2.24, 2.45) is 0 Å².